The molecule has 6 heteroatoms. The van der Waals surface area contributed by atoms with Crippen LogP contribution in [0, 0.1) is 5.92 Å². The van der Waals surface area contributed by atoms with Gasteiger partial charge in [0.15, 0.2) is 11.9 Å². The molecule has 0 radical (unpaired) electrons. The van der Waals surface area contributed by atoms with Crippen LogP contribution in [-0.2, 0) is 16.6 Å². The standard InChI is InChI=1S/C22H28N4O2/c1-22(2,3)19-10-11-20(25-24-19)26-13-15(14-26)12-23-21(27)18-9-8-16-6-4-5-7-17(16)28-18/h4-7,10-11,15,18H,8-9,12-14H2,1-3H3,(H,23,27). The van der Waals surface area contributed by atoms with Crippen LogP contribution in [0.25, 0.3) is 0 Å². The van der Waals surface area contributed by atoms with Gasteiger partial charge in [-0.25, -0.2) is 0 Å². The van der Waals surface area contributed by atoms with E-state index in [1.54, 1.807) is 0 Å². The smallest absolute Gasteiger partial charge is 0.261 e. The molecule has 28 heavy (non-hydrogen) atoms. The molecule has 1 saturated heterocycles. The zero-order chi connectivity index (χ0) is 19.7. The number of aromatic nitrogens is 2. The van der Waals surface area contributed by atoms with Gasteiger partial charge in [0.2, 0.25) is 0 Å². The molecule has 148 valence electrons. The molecule has 1 unspecified atom stereocenters. The van der Waals surface area contributed by atoms with Crippen molar-refractivity contribution in [2.24, 2.45) is 5.92 Å². The maximum absolute atomic E-state index is 12.5. The first-order valence-corrected chi connectivity index (χ1v) is 10.0. The number of nitrogens with zero attached hydrogens (tertiary/aromatic N) is 3. The first-order chi connectivity index (χ1) is 13.4. The number of nitrogens with one attached hydrogen (secondary N) is 1. The maximum atomic E-state index is 12.5. The molecule has 1 fully saturated rings. The Morgan fingerprint density at radius 2 is 1.96 bits per heavy atom. The van der Waals surface area contributed by atoms with Gasteiger partial charge in [0, 0.05) is 31.0 Å². The number of rotatable bonds is 4. The third-order valence-electron chi connectivity index (χ3n) is 5.48. The van der Waals surface area contributed by atoms with E-state index in [2.05, 4.69) is 53.3 Å². The van der Waals surface area contributed by atoms with Crippen molar-refractivity contribution in [1.29, 1.82) is 0 Å². The number of hydrogen-bond donors (Lipinski definition) is 1. The van der Waals surface area contributed by atoms with Crippen molar-refractivity contribution < 1.29 is 9.53 Å². The van der Waals surface area contributed by atoms with Crippen LogP contribution in [-0.4, -0.2) is 41.8 Å². The van der Waals surface area contributed by atoms with Gasteiger partial charge in [0.05, 0.1) is 5.69 Å². The number of carbonyl (C=O) groups is 1. The summed E-state index contributed by atoms with van der Waals surface area (Å²) in [4.78, 5) is 14.7. The van der Waals surface area contributed by atoms with Crippen LogP contribution in [0.5, 0.6) is 5.75 Å². The topological polar surface area (TPSA) is 67.4 Å². The molecule has 2 aromatic rings. The van der Waals surface area contributed by atoms with Crippen LogP contribution in [0.2, 0.25) is 0 Å². The fourth-order valence-corrected chi connectivity index (χ4v) is 3.65. The summed E-state index contributed by atoms with van der Waals surface area (Å²) in [5.74, 6) is 2.16. The SMILES string of the molecule is CC(C)(C)c1ccc(N2CC(CNC(=O)C3CCc4ccccc4O3)C2)nn1. The van der Waals surface area contributed by atoms with Crippen LogP contribution in [0.15, 0.2) is 36.4 Å². The van der Waals surface area contributed by atoms with Crippen LogP contribution in [0.4, 0.5) is 5.82 Å². The van der Waals surface area contributed by atoms with Crippen molar-refractivity contribution in [3.63, 3.8) is 0 Å². The highest BCUT2D eigenvalue weighted by Gasteiger charge is 2.31. The highest BCUT2D eigenvalue weighted by Crippen LogP contribution is 2.28. The van der Waals surface area contributed by atoms with Gasteiger partial charge in [0.1, 0.15) is 5.75 Å². The second-order valence-electron chi connectivity index (χ2n) is 8.80. The largest absolute Gasteiger partial charge is 0.480 e. The van der Waals surface area contributed by atoms with Gasteiger partial charge in [-0.15, -0.1) is 5.10 Å². The van der Waals surface area contributed by atoms with Gasteiger partial charge in [0.25, 0.3) is 5.91 Å². The molecule has 0 saturated carbocycles. The number of anilines is 1. The molecular formula is C22H28N4O2. The Bertz CT molecular complexity index is 838. The summed E-state index contributed by atoms with van der Waals surface area (Å²) in [7, 11) is 0. The van der Waals surface area contributed by atoms with Gasteiger partial charge in [-0.1, -0.05) is 39.0 Å². The minimum atomic E-state index is -0.387. The minimum Gasteiger partial charge on any atom is -0.480 e. The molecule has 2 aliphatic rings. The zero-order valence-electron chi connectivity index (χ0n) is 16.8. The number of ether oxygens (including phenoxy) is 1. The minimum absolute atomic E-state index is 0.00893. The number of fused-ring (bicyclic) bond motifs is 1. The van der Waals surface area contributed by atoms with E-state index in [0.29, 0.717) is 12.5 Å². The van der Waals surface area contributed by atoms with Gasteiger partial charge in [-0.2, -0.15) is 5.10 Å². The molecule has 4 rings (SSSR count). The van der Waals surface area contributed by atoms with Crippen molar-refractivity contribution >= 4 is 11.7 Å². The Morgan fingerprint density at radius 3 is 2.68 bits per heavy atom. The summed E-state index contributed by atoms with van der Waals surface area (Å²) < 4.78 is 5.87. The second-order valence-corrected chi connectivity index (χ2v) is 8.80. The Morgan fingerprint density at radius 1 is 1.18 bits per heavy atom. The van der Waals surface area contributed by atoms with Crippen LogP contribution in [0.3, 0.4) is 0 Å². The summed E-state index contributed by atoms with van der Waals surface area (Å²) in [6.45, 7) is 8.84. The molecule has 1 N–H and O–H groups in total. The number of hydrogen-bond acceptors (Lipinski definition) is 5. The maximum Gasteiger partial charge on any atom is 0.261 e. The predicted octanol–water partition coefficient (Wildman–Crippen LogP) is 2.72. The van der Waals surface area contributed by atoms with E-state index < -0.39 is 0 Å². The fraction of sp³-hybridized carbons (Fsp3) is 0.500. The Hall–Kier alpha value is -2.63. The summed E-state index contributed by atoms with van der Waals surface area (Å²) >= 11 is 0. The van der Waals surface area contributed by atoms with Gasteiger partial charge >= 0.3 is 0 Å². The molecule has 1 aromatic heterocycles. The van der Waals surface area contributed by atoms with E-state index in [0.717, 1.165) is 43.2 Å². The Balaban J connectivity index is 1.23. The first kappa shape index (κ1) is 18.7. The lowest BCUT2D eigenvalue weighted by Crippen LogP contribution is -2.53. The van der Waals surface area contributed by atoms with E-state index in [4.69, 9.17) is 4.74 Å². The monoisotopic (exact) mass is 380 g/mol. The number of aryl methyl sites for hydroxylation is 1. The average molecular weight is 380 g/mol. The quantitative estimate of drug-likeness (QED) is 0.883. The van der Waals surface area contributed by atoms with E-state index in [9.17, 15) is 4.79 Å². The van der Waals surface area contributed by atoms with Crippen LogP contribution < -0.4 is 15.0 Å². The predicted molar refractivity (Wildman–Crippen MR) is 109 cm³/mol. The van der Waals surface area contributed by atoms with Crippen LogP contribution >= 0.6 is 0 Å². The third kappa shape index (κ3) is 3.96. The van der Waals surface area contributed by atoms with E-state index in [-0.39, 0.29) is 17.4 Å². The molecule has 1 atom stereocenters. The molecule has 2 aliphatic heterocycles. The van der Waals surface area contributed by atoms with Gasteiger partial charge < -0.3 is 15.0 Å². The van der Waals surface area contributed by atoms with Crippen molar-refractivity contribution in [2.45, 2.75) is 45.1 Å². The molecule has 0 spiro atoms. The molecule has 0 bridgehead atoms. The second kappa shape index (κ2) is 7.41. The summed E-state index contributed by atoms with van der Waals surface area (Å²) in [5, 5.41) is 11.8. The molecule has 6 nitrogen and oxygen atoms in total. The Kier molecular flexibility index (Phi) is 4.96. The van der Waals surface area contributed by atoms with E-state index in [1.165, 1.54) is 5.56 Å². The highest BCUT2D eigenvalue weighted by atomic mass is 16.5. The molecule has 0 aliphatic carbocycles. The lowest BCUT2D eigenvalue weighted by Gasteiger charge is -2.40. The van der Waals surface area contributed by atoms with Crippen molar-refractivity contribution in [2.75, 3.05) is 24.5 Å². The number of para-hydroxylation sites is 1. The average Bonchev–Trinajstić information content (AvgIpc) is 2.66. The number of benzene rings is 1. The molecular weight excluding hydrogens is 352 g/mol. The third-order valence-corrected chi connectivity index (χ3v) is 5.48. The summed E-state index contributed by atoms with van der Waals surface area (Å²) in [6, 6.07) is 12.0. The van der Waals surface area contributed by atoms with Crippen molar-refractivity contribution in [1.82, 2.24) is 15.5 Å². The lowest BCUT2D eigenvalue weighted by atomic mass is 9.92. The lowest BCUT2D eigenvalue weighted by molar-refractivity contribution is -0.128. The van der Waals surface area contributed by atoms with Crippen molar-refractivity contribution in [3.8, 4) is 5.75 Å². The van der Waals surface area contributed by atoms with E-state index in [1.807, 2.05) is 24.3 Å². The highest BCUT2D eigenvalue weighted by molar-refractivity contribution is 5.81. The fourth-order valence-electron chi connectivity index (χ4n) is 3.65. The number of amides is 1. The number of carbonyl (C=O) groups excluding carboxylic acids is 1. The molecule has 1 aromatic carbocycles. The normalized spacial score (nSPS) is 19.4. The summed E-state index contributed by atoms with van der Waals surface area (Å²) in [6.07, 6.45) is 1.23. The first-order valence-electron chi connectivity index (χ1n) is 10.0. The Labute approximate surface area is 166 Å². The molecule has 3 heterocycles. The van der Waals surface area contributed by atoms with Gasteiger partial charge in [-0.05, 0) is 36.6 Å². The van der Waals surface area contributed by atoms with Gasteiger partial charge in [-0.3, -0.25) is 4.79 Å². The zero-order valence-corrected chi connectivity index (χ0v) is 16.8. The summed E-state index contributed by atoms with van der Waals surface area (Å²) in [5.41, 5.74) is 2.18. The molecule has 1 amide bonds. The van der Waals surface area contributed by atoms with Crippen molar-refractivity contribution in [3.05, 3.63) is 47.7 Å². The van der Waals surface area contributed by atoms with Crippen LogP contribution in [0.1, 0.15) is 38.4 Å². The van der Waals surface area contributed by atoms with E-state index >= 15 is 0 Å².